The van der Waals surface area contributed by atoms with Crippen LogP contribution in [-0.2, 0) is 6.54 Å². The van der Waals surface area contributed by atoms with Crippen molar-refractivity contribution in [2.75, 3.05) is 18.4 Å². The summed E-state index contributed by atoms with van der Waals surface area (Å²) in [7, 11) is 0. The highest BCUT2D eigenvalue weighted by atomic mass is 15.2. The first kappa shape index (κ1) is 13.9. The van der Waals surface area contributed by atoms with Crippen molar-refractivity contribution in [1.82, 2.24) is 9.55 Å². The highest BCUT2D eigenvalue weighted by Crippen LogP contribution is 2.22. The SMILES string of the molecule is Cc1ccc2c(c1)nc(NCC(C)(C)C)n2CCN. The molecule has 0 aliphatic carbocycles. The van der Waals surface area contributed by atoms with E-state index in [1.54, 1.807) is 0 Å². The molecule has 0 aliphatic heterocycles. The monoisotopic (exact) mass is 260 g/mol. The van der Waals surface area contributed by atoms with E-state index in [4.69, 9.17) is 10.7 Å². The maximum atomic E-state index is 5.72. The van der Waals surface area contributed by atoms with Crippen LogP contribution in [0, 0.1) is 12.3 Å². The van der Waals surface area contributed by atoms with E-state index < -0.39 is 0 Å². The van der Waals surface area contributed by atoms with E-state index in [2.05, 4.69) is 55.8 Å². The summed E-state index contributed by atoms with van der Waals surface area (Å²) in [5, 5.41) is 3.44. The predicted molar refractivity (Wildman–Crippen MR) is 81.5 cm³/mol. The van der Waals surface area contributed by atoms with Gasteiger partial charge >= 0.3 is 0 Å². The number of aryl methyl sites for hydroxylation is 1. The topological polar surface area (TPSA) is 55.9 Å². The molecule has 1 aromatic carbocycles. The molecule has 3 N–H and O–H groups in total. The molecular formula is C15H24N4. The minimum atomic E-state index is 0.224. The van der Waals surface area contributed by atoms with Gasteiger partial charge in [0.2, 0.25) is 5.95 Å². The van der Waals surface area contributed by atoms with Gasteiger partial charge < -0.3 is 15.6 Å². The Hall–Kier alpha value is -1.55. The van der Waals surface area contributed by atoms with Crippen molar-refractivity contribution in [3.63, 3.8) is 0 Å². The molecular weight excluding hydrogens is 236 g/mol. The van der Waals surface area contributed by atoms with Crippen LogP contribution < -0.4 is 11.1 Å². The second kappa shape index (κ2) is 5.21. The van der Waals surface area contributed by atoms with Gasteiger partial charge in [-0.3, -0.25) is 0 Å². The average molecular weight is 260 g/mol. The Morgan fingerprint density at radius 3 is 2.68 bits per heavy atom. The quantitative estimate of drug-likeness (QED) is 0.888. The smallest absolute Gasteiger partial charge is 0.203 e. The largest absolute Gasteiger partial charge is 0.355 e. The molecule has 0 unspecified atom stereocenters. The molecule has 2 aromatic rings. The molecule has 19 heavy (non-hydrogen) atoms. The van der Waals surface area contributed by atoms with Gasteiger partial charge in [-0.25, -0.2) is 4.98 Å². The van der Waals surface area contributed by atoms with Crippen molar-refractivity contribution in [3.8, 4) is 0 Å². The van der Waals surface area contributed by atoms with Gasteiger partial charge in [-0.1, -0.05) is 26.8 Å². The van der Waals surface area contributed by atoms with E-state index >= 15 is 0 Å². The summed E-state index contributed by atoms with van der Waals surface area (Å²) >= 11 is 0. The maximum absolute atomic E-state index is 5.72. The van der Waals surface area contributed by atoms with Gasteiger partial charge in [-0.2, -0.15) is 0 Å². The zero-order valence-corrected chi connectivity index (χ0v) is 12.3. The Labute approximate surface area is 115 Å². The Morgan fingerprint density at radius 2 is 2.05 bits per heavy atom. The van der Waals surface area contributed by atoms with Crippen LogP contribution in [-0.4, -0.2) is 22.6 Å². The number of fused-ring (bicyclic) bond motifs is 1. The lowest BCUT2D eigenvalue weighted by atomic mass is 9.97. The molecule has 1 heterocycles. The van der Waals surface area contributed by atoms with Gasteiger partial charge in [0.1, 0.15) is 0 Å². The number of nitrogens with zero attached hydrogens (tertiary/aromatic N) is 2. The lowest BCUT2D eigenvalue weighted by molar-refractivity contribution is 0.441. The predicted octanol–water partition coefficient (Wildman–Crippen LogP) is 2.76. The Kier molecular flexibility index (Phi) is 3.80. The van der Waals surface area contributed by atoms with Crippen molar-refractivity contribution in [2.45, 2.75) is 34.2 Å². The first-order valence-electron chi connectivity index (χ1n) is 6.81. The van der Waals surface area contributed by atoms with Gasteiger partial charge in [0.25, 0.3) is 0 Å². The summed E-state index contributed by atoms with van der Waals surface area (Å²) in [5.74, 6) is 0.918. The van der Waals surface area contributed by atoms with E-state index in [0.717, 1.165) is 30.1 Å². The Bertz CT molecular complexity index is 563. The number of benzene rings is 1. The van der Waals surface area contributed by atoms with Crippen molar-refractivity contribution in [2.24, 2.45) is 11.1 Å². The molecule has 0 radical (unpaired) electrons. The lowest BCUT2D eigenvalue weighted by Gasteiger charge is -2.19. The van der Waals surface area contributed by atoms with Crippen LogP contribution >= 0.6 is 0 Å². The van der Waals surface area contributed by atoms with Crippen LogP contribution in [0.25, 0.3) is 11.0 Å². The van der Waals surface area contributed by atoms with Crippen LogP contribution in [0.2, 0.25) is 0 Å². The Morgan fingerprint density at radius 1 is 1.32 bits per heavy atom. The van der Waals surface area contributed by atoms with Gasteiger partial charge in [-0.05, 0) is 30.0 Å². The molecule has 0 aliphatic rings. The summed E-state index contributed by atoms with van der Waals surface area (Å²) < 4.78 is 2.17. The first-order chi connectivity index (χ1) is 8.90. The number of imidazole rings is 1. The number of rotatable bonds is 4. The van der Waals surface area contributed by atoms with E-state index in [-0.39, 0.29) is 5.41 Å². The third-order valence-electron chi connectivity index (χ3n) is 3.03. The number of anilines is 1. The third-order valence-corrected chi connectivity index (χ3v) is 3.03. The molecule has 0 atom stereocenters. The second-order valence-electron chi connectivity index (χ2n) is 6.28. The van der Waals surface area contributed by atoms with Crippen LogP contribution in [0.1, 0.15) is 26.3 Å². The van der Waals surface area contributed by atoms with E-state index in [9.17, 15) is 0 Å². The Balaban J connectivity index is 2.38. The molecule has 0 fully saturated rings. The second-order valence-corrected chi connectivity index (χ2v) is 6.28. The van der Waals surface area contributed by atoms with Crippen molar-refractivity contribution >= 4 is 17.0 Å². The molecule has 0 saturated heterocycles. The van der Waals surface area contributed by atoms with Gasteiger partial charge in [0, 0.05) is 19.6 Å². The molecule has 4 nitrogen and oxygen atoms in total. The fourth-order valence-electron chi connectivity index (χ4n) is 2.07. The highest BCUT2D eigenvalue weighted by Gasteiger charge is 2.14. The van der Waals surface area contributed by atoms with E-state index in [1.165, 1.54) is 5.56 Å². The van der Waals surface area contributed by atoms with Crippen LogP contribution in [0.3, 0.4) is 0 Å². The fourth-order valence-corrected chi connectivity index (χ4v) is 2.07. The molecule has 4 heteroatoms. The minimum absolute atomic E-state index is 0.224. The molecule has 104 valence electrons. The van der Waals surface area contributed by atoms with Crippen molar-refractivity contribution < 1.29 is 0 Å². The third kappa shape index (κ3) is 3.26. The number of aromatic nitrogens is 2. The summed E-state index contributed by atoms with van der Waals surface area (Å²) in [5.41, 5.74) is 9.35. The molecule has 0 amide bonds. The summed E-state index contributed by atoms with van der Waals surface area (Å²) in [6, 6.07) is 6.35. The average Bonchev–Trinajstić information content (AvgIpc) is 2.64. The van der Waals surface area contributed by atoms with Gasteiger partial charge in [-0.15, -0.1) is 0 Å². The number of hydrogen-bond donors (Lipinski definition) is 2. The van der Waals surface area contributed by atoms with Crippen molar-refractivity contribution in [3.05, 3.63) is 23.8 Å². The molecule has 2 rings (SSSR count). The van der Waals surface area contributed by atoms with E-state index in [1.807, 2.05) is 0 Å². The maximum Gasteiger partial charge on any atom is 0.203 e. The zero-order chi connectivity index (χ0) is 14.0. The minimum Gasteiger partial charge on any atom is -0.355 e. The zero-order valence-electron chi connectivity index (χ0n) is 12.3. The molecule has 1 aromatic heterocycles. The summed E-state index contributed by atoms with van der Waals surface area (Å²) in [6.45, 7) is 11.0. The van der Waals surface area contributed by atoms with Crippen LogP contribution in [0.15, 0.2) is 18.2 Å². The highest BCUT2D eigenvalue weighted by molar-refractivity contribution is 5.79. The summed E-state index contributed by atoms with van der Waals surface area (Å²) in [6.07, 6.45) is 0. The molecule has 0 spiro atoms. The fraction of sp³-hybridized carbons (Fsp3) is 0.533. The van der Waals surface area contributed by atoms with Gasteiger partial charge in [0.05, 0.1) is 11.0 Å². The number of hydrogen-bond acceptors (Lipinski definition) is 3. The lowest BCUT2D eigenvalue weighted by Crippen LogP contribution is -2.22. The standard InChI is InChI=1S/C15H24N4/c1-11-5-6-13-12(9-11)18-14(19(13)8-7-16)17-10-15(2,3)4/h5-6,9H,7-8,10,16H2,1-4H3,(H,17,18). The van der Waals surface area contributed by atoms with Crippen LogP contribution in [0.5, 0.6) is 0 Å². The first-order valence-corrected chi connectivity index (χ1v) is 6.81. The molecule has 0 bridgehead atoms. The van der Waals surface area contributed by atoms with Crippen LogP contribution in [0.4, 0.5) is 5.95 Å². The van der Waals surface area contributed by atoms with E-state index in [0.29, 0.717) is 6.54 Å². The molecule has 0 saturated carbocycles. The number of nitrogens with two attached hydrogens (primary N) is 1. The normalized spacial score (nSPS) is 12.1. The number of nitrogens with one attached hydrogen (secondary N) is 1. The van der Waals surface area contributed by atoms with Crippen molar-refractivity contribution in [1.29, 1.82) is 0 Å². The summed E-state index contributed by atoms with van der Waals surface area (Å²) in [4.78, 5) is 4.69. The van der Waals surface area contributed by atoms with Gasteiger partial charge in [0.15, 0.2) is 0 Å².